The van der Waals surface area contributed by atoms with Gasteiger partial charge in [0.25, 0.3) is 11.5 Å². The molecule has 3 aromatic heterocycles. The first-order chi connectivity index (χ1) is 14.9. The van der Waals surface area contributed by atoms with Crippen LogP contribution in [0.15, 0.2) is 57.5 Å². The van der Waals surface area contributed by atoms with Crippen molar-refractivity contribution in [3.05, 3.63) is 75.8 Å². The number of carbonyl (C=O) groups is 2. The van der Waals surface area contributed by atoms with Crippen molar-refractivity contribution in [3.63, 3.8) is 0 Å². The Morgan fingerprint density at radius 3 is 2.84 bits per heavy atom. The van der Waals surface area contributed by atoms with E-state index in [2.05, 4.69) is 15.6 Å². The van der Waals surface area contributed by atoms with Gasteiger partial charge in [0.15, 0.2) is 0 Å². The Hall–Kier alpha value is -3.79. The molecule has 2 N–H and O–H groups in total. The van der Waals surface area contributed by atoms with Gasteiger partial charge in [-0.15, -0.1) is 11.3 Å². The summed E-state index contributed by atoms with van der Waals surface area (Å²) in [6.07, 6.45) is 2.80. The van der Waals surface area contributed by atoms with E-state index in [4.69, 9.17) is 4.42 Å². The van der Waals surface area contributed by atoms with E-state index in [0.29, 0.717) is 21.7 Å². The summed E-state index contributed by atoms with van der Waals surface area (Å²) in [5.74, 6) is -1.13. The molecule has 4 aromatic rings. The van der Waals surface area contributed by atoms with E-state index < -0.39 is 11.7 Å². The highest BCUT2D eigenvalue weighted by Crippen LogP contribution is 2.21. The number of aromatic nitrogens is 2. The fraction of sp³-hybridized carbons (Fsp3) is 0.143. The van der Waals surface area contributed by atoms with Gasteiger partial charge in [-0.2, -0.15) is 0 Å². The maximum absolute atomic E-state index is 14.1. The van der Waals surface area contributed by atoms with E-state index in [1.165, 1.54) is 46.7 Å². The standard InChI is InChI=1S/C21H17FN4O4S/c1-12-14(5-8-30-12)19(28)25-17-10-13(2-3-16(17)22)24-18(27)4-7-26-11-23-20-15(21(26)29)6-9-31-20/h2-3,5-6,8-11H,4,7H2,1H3,(H,24,27)(H,25,28). The van der Waals surface area contributed by atoms with E-state index >= 15 is 0 Å². The Balaban J connectivity index is 1.41. The largest absolute Gasteiger partial charge is 0.469 e. The van der Waals surface area contributed by atoms with Gasteiger partial charge in [0.2, 0.25) is 5.91 Å². The summed E-state index contributed by atoms with van der Waals surface area (Å²) in [6.45, 7) is 1.77. The molecule has 0 bridgehead atoms. The monoisotopic (exact) mass is 440 g/mol. The number of hydrogen-bond acceptors (Lipinski definition) is 6. The molecule has 3 heterocycles. The van der Waals surface area contributed by atoms with Gasteiger partial charge in [-0.1, -0.05) is 0 Å². The molecule has 0 spiro atoms. The molecule has 0 aliphatic carbocycles. The lowest BCUT2D eigenvalue weighted by molar-refractivity contribution is -0.116. The highest BCUT2D eigenvalue weighted by Gasteiger charge is 2.15. The number of carbonyl (C=O) groups excluding carboxylic acids is 2. The van der Waals surface area contributed by atoms with Gasteiger partial charge in [-0.05, 0) is 42.6 Å². The third-order valence-electron chi connectivity index (χ3n) is 4.63. The highest BCUT2D eigenvalue weighted by atomic mass is 32.1. The van der Waals surface area contributed by atoms with Crippen molar-refractivity contribution in [2.75, 3.05) is 10.6 Å². The molecule has 0 radical (unpaired) electrons. The quantitative estimate of drug-likeness (QED) is 0.475. The SMILES string of the molecule is Cc1occc1C(=O)Nc1cc(NC(=O)CCn2cnc3sccc3c2=O)ccc1F. The number of fused-ring (bicyclic) bond motifs is 1. The Bertz CT molecular complexity index is 1340. The second-order valence-electron chi connectivity index (χ2n) is 6.72. The molecular weight excluding hydrogens is 423 g/mol. The predicted octanol–water partition coefficient (Wildman–Crippen LogP) is 3.78. The molecule has 0 aliphatic heterocycles. The average Bonchev–Trinajstić information content (AvgIpc) is 3.39. The summed E-state index contributed by atoms with van der Waals surface area (Å²) in [5.41, 5.74) is 0.312. The van der Waals surface area contributed by atoms with Crippen LogP contribution < -0.4 is 16.2 Å². The number of nitrogens with zero attached hydrogens (tertiary/aromatic N) is 2. The van der Waals surface area contributed by atoms with Gasteiger partial charge in [-0.25, -0.2) is 9.37 Å². The van der Waals surface area contributed by atoms with Crippen molar-refractivity contribution >= 4 is 44.7 Å². The van der Waals surface area contributed by atoms with Crippen molar-refractivity contribution in [2.24, 2.45) is 0 Å². The van der Waals surface area contributed by atoms with E-state index in [1.807, 2.05) is 0 Å². The molecular formula is C21H17FN4O4S. The third kappa shape index (κ3) is 4.38. The van der Waals surface area contributed by atoms with Crippen molar-refractivity contribution in [3.8, 4) is 0 Å². The first kappa shape index (κ1) is 20.5. The van der Waals surface area contributed by atoms with Crippen LogP contribution in [-0.2, 0) is 11.3 Å². The first-order valence-corrected chi connectivity index (χ1v) is 10.2. The normalized spacial score (nSPS) is 10.9. The smallest absolute Gasteiger partial charge is 0.262 e. The molecule has 158 valence electrons. The summed E-state index contributed by atoms with van der Waals surface area (Å²) in [6, 6.07) is 7.04. The predicted molar refractivity (Wildman–Crippen MR) is 115 cm³/mol. The molecule has 1 aromatic carbocycles. The number of amides is 2. The molecule has 0 saturated carbocycles. The molecule has 0 saturated heterocycles. The number of thiophene rings is 1. The highest BCUT2D eigenvalue weighted by molar-refractivity contribution is 7.16. The van der Waals surface area contributed by atoms with Gasteiger partial charge in [0.1, 0.15) is 16.4 Å². The minimum atomic E-state index is -0.644. The molecule has 0 aliphatic rings. The minimum absolute atomic E-state index is 0.0184. The van der Waals surface area contributed by atoms with Crippen molar-refractivity contribution in [2.45, 2.75) is 19.9 Å². The lowest BCUT2D eigenvalue weighted by Gasteiger charge is -2.10. The molecule has 8 nitrogen and oxygen atoms in total. The van der Waals surface area contributed by atoms with Crippen LogP contribution in [-0.4, -0.2) is 21.4 Å². The second-order valence-corrected chi connectivity index (χ2v) is 7.61. The molecule has 31 heavy (non-hydrogen) atoms. The number of rotatable bonds is 6. The average molecular weight is 440 g/mol. The zero-order valence-corrected chi connectivity index (χ0v) is 17.2. The van der Waals surface area contributed by atoms with Crippen LogP contribution in [0.25, 0.3) is 10.2 Å². The molecule has 0 fully saturated rings. The van der Waals surface area contributed by atoms with Crippen LogP contribution in [0.5, 0.6) is 0 Å². The zero-order chi connectivity index (χ0) is 22.0. The van der Waals surface area contributed by atoms with E-state index in [-0.39, 0.29) is 35.7 Å². The van der Waals surface area contributed by atoms with Gasteiger partial charge >= 0.3 is 0 Å². The number of aryl methyl sites for hydroxylation is 2. The second kappa shape index (κ2) is 8.52. The van der Waals surface area contributed by atoms with E-state index in [1.54, 1.807) is 18.4 Å². The minimum Gasteiger partial charge on any atom is -0.469 e. The van der Waals surface area contributed by atoms with Crippen LogP contribution in [0.2, 0.25) is 0 Å². The summed E-state index contributed by atoms with van der Waals surface area (Å²) in [7, 11) is 0. The van der Waals surface area contributed by atoms with E-state index in [0.717, 1.165) is 6.07 Å². The topological polar surface area (TPSA) is 106 Å². The van der Waals surface area contributed by atoms with Crippen LogP contribution in [0, 0.1) is 12.7 Å². The Labute approximate surface area is 179 Å². The van der Waals surface area contributed by atoms with Gasteiger partial charge in [-0.3, -0.25) is 19.0 Å². The maximum atomic E-state index is 14.1. The Morgan fingerprint density at radius 1 is 1.23 bits per heavy atom. The number of hydrogen-bond donors (Lipinski definition) is 2. The van der Waals surface area contributed by atoms with Crippen molar-refractivity contribution in [1.29, 1.82) is 0 Å². The third-order valence-corrected chi connectivity index (χ3v) is 5.45. The van der Waals surface area contributed by atoms with Crippen molar-refractivity contribution < 1.29 is 18.4 Å². The van der Waals surface area contributed by atoms with Gasteiger partial charge in [0.05, 0.1) is 29.2 Å². The first-order valence-electron chi connectivity index (χ1n) is 9.30. The molecule has 0 unspecified atom stereocenters. The summed E-state index contributed by atoms with van der Waals surface area (Å²) in [4.78, 5) is 41.8. The lowest BCUT2D eigenvalue weighted by Crippen LogP contribution is -2.23. The Morgan fingerprint density at radius 2 is 2.06 bits per heavy atom. The van der Waals surface area contributed by atoms with Crippen molar-refractivity contribution in [1.82, 2.24) is 9.55 Å². The summed E-state index contributed by atoms with van der Waals surface area (Å²) < 4.78 is 20.6. The number of nitrogens with one attached hydrogen (secondary N) is 2. The zero-order valence-electron chi connectivity index (χ0n) is 16.3. The Kier molecular flexibility index (Phi) is 5.63. The number of halogens is 1. The fourth-order valence-corrected chi connectivity index (χ4v) is 3.73. The molecule has 2 amide bonds. The van der Waals surface area contributed by atoms with Crippen LogP contribution in [0.1, 0.15) is 22.5 Å². The maximum Gasteiger partial charge on any atom is 0.262 e. The van der Waals surface area contributed by atoms with Crippen LogP contribution in [0.4, 0.5) is 15.8 Å². The summed E-state index contributed by atoms with van der Waals surface area (Å²) >= 11 is 1.37. The fourth-order valence-electron chi connectivity index (χ4n) is 3.01. The van der Waals surface area contributed by atoms with Gasteiger partial charge in [0, 0.05) is 18.7 Å². The summed E-state index contributed by atoms with van der Waals surface area (Å²) in [5, 5.41) is 7.41. The number of furan rings is 1. The number of anilines is 2. The molecule has 4 rings (SSSR count). The molecule has 10 heteroatoms. The lowest BCUT2D eigenvalue weighted by atomic mass is 10.2. The number of benzene rings is 1. The van der Waals surface area contributed by atoms with Gasteiger partial charge < -0.3 is 15.1 Å². The van der Waals surface area contributed by atoms with E-state index in [9.17, 15) is 18.8 Å². The molecule has 0 atom stereocenters. The van der Waals surface area contributed by atoms with Crippen LogP contribution in [0.3, 0.4) is 0 Å². The van der Waals surface area contributed by atoms with Crippen LogP contribution >= 0.6 is 11.3 Å².